The molecule has 4 nitrogen and oxygen atoms in total. The van der Waals surface area contributed by atoms with Crippen molar-refractivity contribution >= 4 is 0 Å². The molecule has 2 aliphatic heterocycles. The van der Waals surface area contributed by atoms with E-state index in [2.05, 4.69) is 41.2 Å². The summed E-state index contributed by atoms with van der Waals surface area (Å²) in [4.78, 5) is 7.51. The van der Waals surface area contributed by atoms with E-state index < -0.39 is 0 Å². The van der Waals surface area contributed by atoms with Crippen LogP contribution in [0.5, 0.6) is 0 Å². The molecule has 2 rings (SSSR count). The lowest BCUT2D eigenvalue weighted by molar-refractivity contribution is 0.219. The van der Waals surface area contributed by atoms with Gasteiger partial charge >= 0.3 is 0 Å². The molecule has 18 heavy (non-hydrogen) atoms. The lowest BCUT2D eigenvalue weighted by Gasteiger charge is -2.25. The first-order valence-corrected chi connectivity index (χ1v) is 7.46. The van der Waals surface area contributed by atoms with Crippen LogP contribution in [-0.2, 0) is 0 Å². The molecule has 4 heteroatoms. The Kier molecular flexibility index (Phi) is 5.42. The Morgan fingerprint density at radius 3 is 2.67 bits per heavy atom. The van der Waals surface area contributed by atoms with Crippen molar-refractivity contribution in [1.29, 1.82) is 0 Å². The van der Waals surface area contributed by atoms with Crippen LogP contribution in [0.25, 0.3) is 0 Å². The number of nitrogens with one attached hydrogen (secondary N) is 1. The molecule has 106 valence electrons. The fraction of sp³-hybridized carbons (Fsp3) is 1.00. The van der Waals surface area contributed by atoms with Gasteiger partial charge in [-0.3, -0.25) is 4.90 Å². The Morgan fingerprint density at radius 2 is 1.89 bits per heavy atom. The molecule has 2 heterocycles. The standard InChI is InChI=1S/C14H30N4/c1-16(2)10-7-15-8-11-18-9-6-13-4-5-14(12-18)17(13)3/h13-15H,4-12H2,1-3H3. The predicted octanol–water partition coefficient (Wildman–Crippen LogP) is 0.306. The minimum Gasteiger partial charge on any atom is -0.314 e. The minimum atomic E-state index is 0.819. The summed E-state index contributed by atoms with van der Waals surface area (Å²) in [6.45, 7) is 7.16. The normalized spacial score (nSPS) is 30.0. The van der Waals surface area contributed by atoms with Crippen LogP contribution >= 0.6 is 0 Å². The topological polar surface area (TPSA) is 21.8 Å². The highest BCUT2D eigenvalue weighted by atomic mass is 15.3. The molecule has 0 aromatic rings. The fourth-order valence-electron chi connectivity index (χ4n) is 3.25. The minimum absolute atomic E-state index is 0.819. The van der Waals surface area contributed by atoms with Crippen LogP contribution in [0, 0.1) is 0 Å². The number of hydrogen-bond acceptors (Lipinski definition) is 4. The van der Waals surface area contributed by atoms with Crippen molar-refractivity contribution < 1.29 is 0 Å². The Morgan fingerprint density at radius 1 is 1.11 bits per heavy atom. The van der Waals surface area contributed by atoms with Crippen molar-refractivity contribution in [2.45, 2.75) is 31.3 Å². The summed E-state index contributed by atoms with van der Waals surface area (Å²) in [5.74, 6) is 0. The van der Waals surface area contributed by atoms with Crippen LogP contribution in [0.3, 0.4) is 0 Å². The quantitative estimate of drug-likeness (QED) is 0.689. The molecule has 0 amide bonds. The molecular weight excluding hydrogens is 224 g/mol. The summed E-state index contributed by atoms with van der Waals surface area (Å²) in [7, 11) is 6.58. The van der Waals surface area contributed by atoms with E-state index in [9.17, 15) is 0 Å². The number of rotatable bonds is 6. The average molecular weight is 254 g/mol. The SMILES string of the molecule is CN(C)CCNCCN1CCC2CCC(C1)N2C. The van der Waals surface area contributed by atoms with E-state index in [0.29, 0.717) is 0 Å². The first kappa shape index (κ1) is 14.3. The van der Waals surface area contributed by atoms with Gasteiger partial charge in [-0.25, -0.2) is 0 Å². The Labute approximate surface area is 112 Å². The second kappa shape index (κ2) is 6.85. The van der Waals surface area contributed by atoms with Gasteiger partial charge in [0, 0.05) is 44.8 Å². The molecule has 0 aliphatic carbocycles. The highest BCUT2D eigenvalue weighted by Crippen LogP contribution is 2.28. The van der Waals surface area contributed by atoms with Gasteiger partial charge in [0.1, 0.15) is 0 Å². The molecule has 2 bridgehead atoms. The third kappa shape index (κ3) is 3.92. The first-order valence-electron chi connectivity index (χ1n) is 7.46. The second-order valence-electron chi connectivity index (χ2n) is 6.19. The summed E-state index contributed by atoms with van der Waals surface area (Å²) >= 11 is 0. The molecule has 2 saturated heterocycles. The third-order valence-electron chi connectivity index (χ3n) is 4.57. The van der Waals surface area contributed by atoms with Crippen molar-refractivity contribution in [3.05, 3.63) is 0 Å². The van der Waals surface area contributed by atoms with Crippen molar-refractivity contribution in [3.63, 3.8) is 0 Å². The molecule has 2 atom stereocenters. The molecule has 0 aromatic carbocycles. The summed E-state index contributed by atoms with van der Waals surface area (Å²) < 4.78 is 0. The van der Waals surface area contributed by atoms with Gasteiger partial charge in [-0.1, -0.05) is 0 Å². The molecule has 2 fully saturated rings. The molecule has 0 spiro atoms. The van der Waals surface area contributed by atoms with E-state index in [-0.39, 0.29) is 0 Å². The van der Waals surface area contributed by atoms with Gasteiger partial charge in [-0.15, -0.1) is 0 Å². The molecule has 2 aliphatic rings. The van der Waals surface area contributed by atoms with Crippen LogP contribution in [0.2, 0.25) is 0 Å². The number of nitrogens with zero attached hydrogens (tertiary/aromatic N) is 3. The van der Waals surface area contributed by atoms with Gasteiger partial charge in [-0.05, 0) is 47.0 Å². The van der Waals surface area contributed by atoms with E-state index in [4.69, 9.17) is 0 Å². The van der Waals surface area contributed by atoms with Gasteiger partial charge in [0.25, 0.3) is 0 Å². The second-order valence-corrected chi connectivity index (χ2v) is 6.19. The third-order valence-corrected chi connectivity index (χ3v) is 4.57. The summed E-state index contributed by atoms with van der Waals surface area (Å²) in [5.41, 5.74) is 0. The largest absolute Gasteiger partial charge is 0.314 e. The maximum atomic E-state index is 3.54. The monoisotopic (exact) mass is 254 g/mol. The lowest BCUT2D eigenvalue weighted by Crippen LogP contribution is -2.40. The van der Waals surface area contributed by atoms with Crippen LogP contribution in [0.15, 0.2) is 0 Å². The number of likely N-dealkylation sites (N-methyl/N-ethyl adjacent to an activating group) is 2. The fourth-order valence-corrected chi connectivity index (χ4v) is 3.25. The van der Waals surface area contributed by atoms with Crippen molar-refractivity contribution in [1.82, 2.24) is 20.0 Å². The first-order chi connectivity index (χ1) is 8.66. The van der Waals surface area contributed by atoms with Crippen LogP contribution < -0.4 is 5.32 Å². The van der Waals surface area contributed by atoms with Gasteiger partial charge < -0.3 is 15.1 Å². The number of hydrogen-bond donors (Lipinski definition) is 1. The van der Waals surface area contributed by atoms with Crippen LogP contribution in [-0.4, -0.2) is 87.2 Å². The van der Waals surface area contributed by atoms with Crippen LogP contribution in [0.1, 0.15) is 19.3 Å². The molecule has 2 unspecified atom stereocenters. The van der Waals surface area contributed by atoms with Crippen LogP contribution in [0.4, 0.5) is 0 Å². The molecule has 0 saturated carbocycles. The zero-order valence-corrected chi connectivity index (χ0v) is 12.4. The maximum Gasteiger partial charge on any atom is 0.0223 e. The molecular formula is C14H30N4. The Balaban J connectivity index is 1.62. The van der Waals surface area contributed by atoms with E-state index in [1.807, 2.05) is 0 Å². The van der Waals surface area contributed by atoms with E-state index in [0.717, 1.165) is 31.7 Å². The van der Waals surface area contributed by atoms with E-state index >= 15 is 0 Å². The molecule has 1 N–H and O–H groups in total. The van der Waals surface area contributed by atoms with E-state index in [1.54, 1.807) is 0 Å². The van der Waals surface area contributed by atoms with Crippen molar-refractivity contribution in [3.8, 4) is 0 Å². The maximum absolute atomic E-state index is 3.54. The summed E-state index contributed by atoms with van der Waals surface area (Å²) in [6, 6.07) is 1.68. The average Bonchev–Trinajstić information content (AvgIpc) is 2.55. The highest BCUT2D eigenvalue weighted by molar-refractivity contribution is 4.91. The van der Waals surface area contributed by atoms with Crippen molar-refractivity contribution in [2.75, 3.05) is 60.4 Å². The zero-order valence-electron chi connectivity index (χ0n) is 12.4. The predicted molar refractivity (Wildman–Crippen MR) is 77.1 cm³/mol. The van der Waals surface area contributed by atoms with Gasteiger partial charge in [0.05, 0.1) is 0 Å². The molecule has 0 aromatic heterocycles. The Hall–Kier alpha value is -0.160. The van der Waals surface area contributed by atoms with Gasteiger partial charge in [0.2, 0.25) is 0 Å². The highest BCUT2D eigenvalue weighted by Gasteiger charge is 2.34. The zero-order chi connectivity index (χ0) is 13.0. The molecule has 0 radical (unpaired) electrons. The van der Waals surface area contributed by atoms with E-state index in [1.165, 1.54) is 38.9 Å². The van der Waals surface area contributed by atoms with Gasteiger partial charge in [0.15, 0.2) is 0 Å². The Bertz CT molecular complexity index is 244. The van der Waals surface area contributed by atoms with Gasteiger partial charge in [-0.2, -0.15) is 0 Å². The van der Waals surface area contributed by atoms with Crippen molar-refractivity contribution in [2.24, 2.45) is 0 Å². The lowest BCUT2D eigenvalue weighted by atomic mass is 10.1. The number of fused-ring (bicyclic) bond motifs is 2. The summed E-state index contributed by atoms with van der Waals surface area (Å²) in [5, 5.41) is 3.54. The summed E-state index contributed by atoms with van der Waals surface area (Å²) in [6.07, 6.45) is 4.20. The smallest absolute Gasteiger partial charge is 0.0223 e. The number of likely N-dealkylation sites (tertiary alicyclic amines) is 1.